The van der Waals surface area contributed by atoms with Crippen LogP contribution in [0.25, 0.3) is 10.9 Å². The number of benzene rings is 1. The Morgan fingerprint density at radius 3 is 2.79 bits per heavy atom. The number of aromatic nitrogens is 1. The Morgan fingerprint density at radius 1 is 1.38 bits per heavy atom. The van der Waals surface area contributed by atoms with Crippen molar-refractivity contribution in [2.45, 2.75) is 26.7 Å². The van der Waals surface area contributed by atoms with Gasteiger partial charge in [0.1, 0.15) is 0 Å². The van der Waals surface area contributed by atoms with Gasteiger partial charge in [-0.1, -0.05) is 12.1 Å². The van der Waals surface area contributed by atoms with Crippen LogP contribution in [0, 0.1) is 23.0 Å². The third kappa shape index (κ3) is 3.33. The quantitative estimate of drug-likeness (QED) is 0.618. The van der Waals surface area contributed by atoms with Gasteiger partial charge in [-0.3, -0.25) is 10.1 Å². The Hall–Kier alpha value is -2.21. The van der Waals surface area contributed by atoms with Gasteiger partial charge in [-0.25, -0.2) is 4.98 Å². The lowest BCUT2D eigenvalue weighted by Gasteiger charge is -2.34. The van der Waals surface area contributed by atoms with Gasteiger partial charge in [0.15, 0.2) is 5.52 Å². The van der Waals surface area contributed by atoms with E-state index in [1.165, 1.54) is 6.07 Å². The zero-order valence-electron chi connectivity index (χ0n) is 14.2. The second-order valence-electron chi connectivity index (χ2n) is 6.30. The largest absolute Gasteiger partial charge is 0.381 e. The van der Waals surface area contributed by atoms with Crippen molar-refractivity contribution in [2.75, 3.05) is 31.2 Å². The molecule has 0 saturated carbocycles. The SMILES string of the molecule is CCOCC1CCN(c2cc(C)nc3c([N+](=O)[O-])cccc23)CC1. The summed E-state index contributed by atoms with van der Waals surface area (Å²) in [4.78, 5) is 17.7. The summed E-state index contributed by atoms with van der Waals surface area (Å²) < 4.78 is 5.54. The summed E-state index contributed by atoms with van der Waals surface area (Å²) in [5, 5.41) is 12.2. The van der Waals surface area contributed by atoms with Crippen molar-refractivity contribution in [1.29, 1.82) is 0 Å². The van der Waals surface area contributed by atoms with Crippen LogP contribution in [0.3, 0.4) is 0 Å². The molecule has 128 valence electrons. The number of piperidine rings is 1. The second kappa shape index (κ2) is 7.13. The number of nitro benzene ring substituents is 1. The standard InChI is InChI=1S/C18H23N3O3/c1-3-24-12-14-7-9-20(10-8-14)17-11-13(2)19-18-15(17)5-4-6-16(18)21(22)23/h4-6,11,14H,3,7-10,12H2,1-2H3. The highest BCUT2D eigenvalue weighted by molar-refractivity contribution is 5.97. The van der Waals surface area contributed by atoms with Crippen LogP contribution >= 0.6 is 0 Å². The normalized spacial score (nSPS) is 15.8. The average Bonchev–Trinajstić information content (AvgIpc) is 2.59. The number of anilines is 1. The van der Waals surface area contributed by atoms with Gasteiger partial charge < -0.3 is 9.64 Å². The maximum Gasteiger partial charge on any atom is 0.295 e. The molecule has 24 heavy (non-hydrogen) atoms. The first kappa shape index (κ1) is 16.6. The van der Waals surface area contributed by atoms with Crippen LogP contribution in [-0.4, -0.2) is 36.2 Å². The highest BCUT2D eigenvalue weighted by Gasteiger charge is 2.23. The fourth-order valence-electron chi connectivity index (χ4n) is 3.37. The van der Waals surface area contributed by atoms with E-state index in [0.717, 1.165) is 55.9 Å². The number of hydrogen-bond donors (Lipinski definition) is 0. The lowest BCUT2D eigenvalue weighted by atomic mass is 9.96. The minimum absolute atomic E-state index is 0.0729. The van der Waals surface area contributed by atoms with Crippen LogP contribution in [-0.2, 0) is 4.74 Å². The van der Waals surface area contributed by atoms with Crippen LogP contribution in [0.2, 0.25) is 0 Å². The van der Waals surface area contributed by atoms with Gasteiger partial charge in [0.2, 0.25) is 0 Å². The molecule has 1 aromatic carbocycles. The molecule has 2 heterocycles. The molecule has 1 saturated heterocycles. The first-order valence-corrected chi connectivity index (χ1v) is 8.47. The van der Waals surface area contributed by atoms with Crippen molar-refractivity contribution in [2.24, 2.45) is 5.92 Å². The molecule has 0 spiro atoms. The summed E-state index contributed by atoms with van der Waals surface area (Å²) in [6, 6.07) is 7.22. The number of non-ortho nitro benzene ring substituents is 1. The zero-order chi connectivity index (χ0) is 17.1. The van der Waals surface area contributed by atoms with Gasteiger partial charge in [-0.05, 0) is 38.7 Å². The zero-order valence-corrected chi connectivity index (χ0v) is 14.2. The number of hydrogen-bond acceptors (Lipinski definition) is 5. The summed E-state index contributed by atoms with van der Waals surface area (Å²) in [7, 11) is 0. The third-order valence-electron chi connectivity index (χ3n) is 4.63. The molecular weight excluding hydrogens is 306 g/mol. The van der Waals surface area contributed by atoms with Gasteiger partial charge in [0.05, 0.1) is 4.92 Å². The first-order valence-electron chi connectivity index (χ1n) is 8.47. The average molecular weight is 329 g/mol. The van der Waals surface area contributed by atoms with Crippen LogP contribution < -0.4 is 4.90 Å². The predicted octanol–water partition coefficient (Wildman–Crippen LogP) is 3.70. The van der Waals surface area contributed by atoms with Gasteiger partial charge in [0, 0.05) is 49.1 Å². The lowest BCUT2D eigenvalue weighted by molar-refractivity contribution is -0.383. The monoisotopic (exact) mass is 329 g/mol. The topological polar surface area (TPSA) is 68.5 Å². The molecule has 0 N–H and O–H groups in total. The Kier molecular flexibility index (Phi) is 4.94. The number of fused-ring (bicyclic) bond motifs is 1. The molecule has 1 aliphatic rings. The van der Waals surface area contributed by atoms with E-state index in [-0.39, 0.29) is 10.6 Å². The van der Waals surface area contributed by atoms with Gasteiger partial charge in [-0.2, -0.15) is 0 Å². The van der Waals surface area contributed by atoms with Crippen molar-refractivity contribution in [3.05, 3.63) is 40.1 Å². The molecule has 0 atom stereocenters. The molecule has 6 nitrogen and oxygen atoms in total. The van der Waals surface area contributed by atoms with Gasteiger partial charge in [0.25, 0.3) is 5.69 Å². The summed E-state index contributed by atoms with van der Waals surface area (Å²) in [6.45, 7) is 7.39. The maximum atomic E-state index is 11.3. The van der Waals surface area contributed by atoms with Crippen LogP contribution in [0.15, 0.2) is 24.3 Å². The number of pyridine rings is 1. The highest BCUT2D eigenvalue weighted by atomic mass is 16.6. The third-order valence-corrected chi connectivity index (χ3v) is 4.63. The molecule has 2 aromatic rings. The Morgan fingerprint density at radius 2 is 2.12 bits per heavy atom. The fraction of sp³-hybridized carbons (Fsp3) is 0.500. The lowest BCUT2D eigenvalue weighted by Crippen LogP contribution is -2.35. The first-order chi connectivity index (χ1) is 11.6. The Labute approximate surface area is 141 Å². The summed E-state index contributed by atoms with van der Waals surface area (Å²) in [5.41, 5.74) is 2.41. The molecule has 6 heteroatoms. The fourth-order valence-corrected chi connectivity index (χ4v) is 3.37. The molecule has 0 aliphatic carbocycles. The van der Waals surface area contributed by atoms with Gasteiger partial charge >= 0.3 is 0 Å². The van der Waals surface area contributed by atoms with Crippen LogP contribution in [0.4, 0.5) is 11.4 Å². The number of para-hydroxylation sites is 1. The van der Waals surface area contributed by atoms with E-state index in [1.807, 2.05) is 26.0 Å². The number of aryl methyl sites for hydroxylation is 1. The van der Waals surface area contributed by atoms with Crippen molar-refractivity contribution in [3.63, 3.8) is 0 Å². The molecule has 0 radical (unpaired) electrons. The van der Waals surface area contributed by atoms with Crippen molar-refractivity contribution in [1.82, 2.24) is 4.98 Å². The van der Waals surface area contributed by atoms with Gasteiger partial charge in [-0.15, -0.1) is 0 Å². The van der Waals surface area contributed by atoms with Crippen LogP contribution in [0.1, 0.15) is 25.5 Å². The smallest absolute Gasteiger partial charge is 0.295 e. The summed E-state index contributed by atoms with van der Waals surface area (Å²) in [6.07, 6.45) is 2.16. The maximum absolute atomic E-state index is 11.3. The number of rotatable bonds is 5. The second-order valence-corrected chi connectivity index (χ2v) is 6.30. The van der Waals surface area contributed by atoms with E-state index < -0.39 is 0 Å². The summed E-state index contributed by atoms with van der Waals surface area (Å²) in [5.74, 6) is 0.602. The van der Waals surface area contributed by atoms with E-state index in [0.29, 0.717) is 11.4 Å². The molecule has 1 aliphatic heterocycles. The highest BCUT2D eigenvalue weighted by Crippen LogP contribution is 2.34. The molecular formula is C18H23N3O3. The number of nitro groups is 1. The van der Waals surface area contributed by atoms with E-state index in [1.54, 1.807) is 6.07 Å². The molecule has 1 aromatic heterocycles. The molecule has 0 bridgehead atoms. The molecule has 3 rings (SSSR count). The van der Waals surface area contributed by atoms with Crippen molar-refractivity contribution in [3.8, 4) is 0 Å². The van der Waals surface area contributed by atoms with E-state index >= 15 is 0 Å². The van der Waals surface area contributed by atoms with Crippen LogP contribution in [0.5, 0.6) is 0 Å². The number of ether oxygens (including phenoxy) is 1. The molecule has 0 unspecified atom stereocenters. The Balaban J connectivity index is 1.90. The molecule has 1 fully saturated rings. The predicted molar refractivity (Wildman–Crippen MR) is 94.6 cm³/mol. The van der Waals surface area contributed by atoms with E-state index in [9.17, 15) is 10.1 Å². The Bertz CT molecular complexity index is 740. The molecule has 0 amide bonds. The minimum atomic E-state index is -0.354. The van der Waals surface area contributed by atoms with Crippen molar-refractivity contribution >= 4 is 22.3 Å². The van der Waals surface area contributed by atoms with E-state index in [2.05, 4.69) is 9.88 Å². The summed E-state index contributed by atoms with van der Waals surface area (Å²) >= 11 is 0. The minimum Gasteiger partial charge on any atom is -0.381 e. The number of nitrogens with zero attached hydrogens (tertiary/aromatic N) is 3. The van der Waals surface area contributed by atoms with Crippen molar-refractivity contribution < 1.29 is 9.66 Å². The van der Waals surface area contributed by atoms with E-state index in [4.69, 9.17) is 4.74 Å².